The minimum atomic E-state index is -3.29. The summed E-state index contributed by atoms with van der Waals surface area (Å²) in [5.74, 6) is 0.383. The quantitative estimate of drug-likeness (QED) is 0.822. The number of sulfonamides is 1. The third kappa shape index (κ3) is 3.83. The molecular weight excluding hydrogens is 224 g/mol. The lowest BCUT2D eigenvalue weighted by Gasteiger charge is -2.09. The molecule has 0 heterocycles. The van der Waals surface area contributed by atoms with E-state index in [9.17, 15) is 8.42 Å². The third-order valence-corrected chi connectivity index (χ3v) is 3.56. The molecule has 16 heavy (non-hydrogen) atoms. The standard InChI is InChI=1S/C11H18N2O2S/c1-9(2)10-3-5-11(6-4-10)13-16(14,15)8-7-12/h3-6,9,13H,7-8,12H2,1-2H3. The first kappa shape index (κ1) is 13.0. The number of hydrogen-bond donors (Lipinski definition) is 2. The Morgan fingerprint density at radius 3 is 2.25 bits per heavy atom. The van der Waals surface area contributed by atoms with Gasteiger partial charge in [0.1, 0.15) is 0 Å². The Balaban J connectivity index is 2.76. The maximum atomic E-state index is 11.4. The normalized spacial score (nSPS) is 11.8. The lowest BCUT2D eigenvalue weighted by molar-refractivity contribution is 0.601. The third-order valence-electron chi connectivity index (χ3n) is 2.24. The molecule has 0 amide bonds. The van der Waals surface area contributed by atoms with Gasteiger partial charge in [-0.25, -0.2) is 8.42 Å². The lowest BCUT2D eigenvalue weighted by Crippen LogP contribution is -2.22. The van der Waals surface area contributed by atoms with Crippen LogP contribution in [-0.2, 0) is 10.0 Å². The van der Waals surface area contributed by atoms with E-state index < -0.39 is 10.0 Å². The van der Waals surface area contributed by atoms with Crippen molar-refractivity contribution in [3.05, 3.63) is 29.8 Å². The monoisotopic (exact) mass is 242 g/mol. The first-order valence-corrected chi connectivity index (χ1v) is 6.90. The van der Waals surface area contributed by atoms with Crippen molar-refractivity contribution >= 4 is 15.7 Å². The summed E-state index contributed by atoms with van der Waals surface area (Å²) in [6, 6.07) is 7.38. The number of hydrogen-bond acceptors (Lipinski definition) is 3. The maximum Gasteiger partial charge on any atom is 0.233 e. The molecule has 0 unspecified atom stereocenters. The smallest absolute Gasteiger partial charge is 0.233 e. The molecule has 0 atom stereocenters. The Hall–Kier alpha value is -1.07. The van der Waals surface area contributed by atoms with E-state index in [-0.39, 0.29) is 12.3 Å². The fraction of sp³-hybridized carbons (Fsp3) is 0.455. The Morgan fingerprint density at radius 2 is 1.81 bits per heavy atom. The second-order valence-electron chi connectivity index (χ2n) is 3.99. The van der Waals surface area contributed by atoms with Crippen molar-refractivity contribution in [1.29, 1.82) is 0 Å². The molecule has 0 fully saturated rings. The topological polar surface area (TPSA) is 72.2 Å². The molecule has 5 heteroatoms. The largest absolute Gasteiger partial charge is 0.329 e. The van der Waals surface area contributed by atoms with Crippen LogP contribution in [0.2, 0.25) is 0 Å². The van der Waals surface area contributed by atoms with Gasteiger partial charge in [0.05, 0.1) is 5.75 Å². The summed E-state index contributed by atoms with van der Waals surface area (Å²) in [6.45, 7) is 4.31. The van der Waals surface area contributed by atoms with E-state index >= 15 is 0 Å². The van der Waals surface area contributed by atoms with Gasteiger partial charge in [0.15, 0.2) is 0 Å². The Labute approximate surface area is 96.9 Å². The molecule has 0 saturated heterocycles. The summed E-state index contributed by atoms with van der Waals surface area (Å²) >= 11 is 0. The fourth-order valence-corrected chi connectivity index (χ4v) is 2.23. The van der Waals surface area contributed by atoms with Crippen LogP contribution in [0.5, 0.6) is 0 Å². The summed E-state index contributed by atoms with van der Waals surface area (Å²) < 4.78 is 25.3. The highest BCUT2D eigenvalue weighted by atomic mass is 32.2. The molecule has 1 aromatic carbocycles. The second kappa shape index (κ2) is 5.32. The first-order valence-electron chi connectivity index (χ1n) is 5.25. The zero-order valence-electron chi connectivity index (χ0n) is 9.60. The van der Waals surface area contributed by atoms with E-state index in [4.69, 9.17) is 5.73 Å². The average molecular weight is 242 g/mol. The van der Waals surface area contributed by atoms with Crippen LogP contribution in [0.15, 0.2) is 24.3 Å². The number of anilines is 1. The van der Waals surface area contributed by atoms with Crippen LogP contribution in [0.4, 0.5) is 5.69 Å². The molecule has 0 aliphatic heterocycles. The highest BCUT2D eigenvalue weighted by Gasteiger charge is 2.08. The van der Waals surface area contributed by atoms with Crippen LogP contribution < -0.4 is 10.5 Å². The summed E-state index contributed by atoms with van der Waals surface area (Å²) in [4.78, 5) is 0. The van der Waals surface area contributed by atoms with Crippen LogP contribution in [0.25, 0.3) is 0 Å². The van der Waals surface area contributed by atoms with E-state index in [1.165, 1.54) is 5.56 Å². The van der Waals surface area contributed by atoms with E-state index in [1.807, 2.05) is 12.1 Å². The summed E-state index contributed by atoms with van der Waals surface area (Å²) in [7, 11) is -3.29. The first-order chi connectivity index (χ1) is 7.44. The number of rotatable bonds is 5. The van der Waals surface area contributed by atoms with Crippen molar-refractivity contribution in [2.24, 2.45) is 5.73 Å². The number of nitrogens with one attached hydrogen (secondary N) is 1. The molecule has 0 aliphatic rings. The molecule has 3 N–H and O–H groups in total. The lowest BCUT2D eigenvalue weighted by atomic mass is 10.0. The van der Waals surface area contributed by atoms with Crippen LogP contribution in [0, 0.1) is 0 Å². The van der Waals surface area contributed by atoms with Crippen molar-refractivity contribution in [3.8, 4) is 0 Å². The van der Waals surface area contributed by atoms with Gasteiger partial charge < -0.3 is 5.73 Å². The van der Waals surface area contributed by atoms with E-state index in [0.717, 1.165) is 0 Å². The Morgan fingerprint density at radius 1 is 1.25 bits per heavy atom. The highest BCUT2D eigenvalue weighted by molar-refractivity contribution is 7.92. The van der Waals surface area contributed by atoms with Gasteiger partial charge in [-0.15, -0.1) is 0 Å². The second-order valence-corrected chi connectivity index (χ2v) is 5.83. The Kier molecular flexibility index (Phi) is 4.32. The predicted octanol–water partition coefficient (Wildman–Crippen LogP) is 1.51. The molecule has 0 aromatic heterocycles. The van der Waals surface area contributed by atoms with Gasteiger partial charge in [0.25, 0.3) is 0 Å². The minimum absolute atomic E-state index is 0.0566. The molecule has 0 bridgehead atoms. The van der Waals surface area contributed by atoms with Crippen molar-refractivity contribution in [1.82, 2.24) is 0 Å². The average Bonchev–Trinajstić information content (AvgIpc) is 2.17. The van der Waals surface area contributed by atoms with Crippen LogP contribution in [0.3, 0.4) is 0 Å². The minimum Gasteiger partial charge on any atom is -0.329 e. The van der Waals surface area contributed by atoms with E-state index in [2.05, 4.69) is 18.6 Å². The molecule has 1 rings (SSSR count). The van der Waals surface area contributed by atoms with Crippen LogP contribution in [-0.4, -0.2) is 20.7 Å². The number of benzene rings is 1. The summed E-state index contributed by atoms with van der Waals surface area (Å²) in [6.07, 6.45) is 0. The van der Waals surface area contributed by atoms with Gasteiger partial charge in [-0.05, 0) is 23.6 Å². The van der Waals surface area contributed by atoms with Crippen LogP contribution in [0.1, 0.15) is 25.3 Å². The molecule has 0 saturated carbocycles. The molecule has 90 valence electrons. The summed E-state index contributed by atoms with van der Waals surface area (Å²) in [5, 5.41) is 0. The zero-order chi connectivity index (χ0) is 12.2. The Bertz CT molecular complexity index is 424. The van der Waals surface area contributed by atoms with Crippen molar-refractivity contribution in [2.45, 2.75) is 19.8 Å². The van der Waals surface area contributed by atoms with E-state index in [1.54, 1.807) is 12.1 Å². The van der Waals surface area contributed by atoms with E-state index in [0.29, 0.717) is 11.6 Å². The predicted molar refractivity (Wildman–Crippen MR) is 67.0 cm³/mol. The molecule has 0 radical (unpaired) electrons. The number of nitrogens with two attached hydrogens (primary N) is 1. The van der Waals surface area contributed by atoms with Crippen molar-refractivity contribution in [3.63, 3.8) is 0 Å². The SMILES string of the molecule is CC(C)c1ccc(NS(=O)(=O)CCN)cc1. The van der Waals surface area contributed by atoms with Crippen molar-refractivity contribution < 1.29 is 8.42 Å². The van der Waals surface area contributed by atoms with Gasteiger partial charge in [-0.1, -0.05) is 26.0 Å². The fourth-order valence-electron chi connectivity index (χ4n) is 1.32. The molecule has 4 nitrogen and oxygen atoms in total. The molecule has 1 aromatic rings. The molecule has 0 spiro atoms. The highest BCUT2D eigenvalue weighted by Crippen LogP contribution is 2.17. The van der Waals surface area contributed by atoms with Gasteiger partial charge in [-0.3, -0.25) is 4.72 Å². The van der Waals surface area contributed by atoms with Crippen molar-refractivity contribution in [2.75, 3.05) is 17.0 Å². The maximum absolute atomic E-state index is 11.4. The van der Waals surface area contributed by atoms with Gasteiger partial charge in [-0.2, -0.15) is 0 Å². The summed E-state index contributed by atoms with van der Waals surface area (Å²) in [5.41, 5.74) is 6.98. The molecule has 0 aliphatic carbocycles. The van der Waals surface area contributed by atoms with Gasteiger partial charge >= 0.3 is 0 Å². The van der Waals surface area contributed by atoms with Crippen LogP contribution >= 0.6 is 0 Å². The zero-order valence-corrected chi connectivity index (χ0v) is 10.4. The molecular formula is C11H18N2O2S. The van der Waals surface area contributed by atoms with Gasteiger partial charge in [0.2, 0.25) is 10.0 Å². The van der Waals surface area contributed by atoms with Gasteiger partial charge in [0, 0.05) is 12.2 Å².